The Hall–Kier alpha value is -1.26. The third kappa shape index (κ3) is 4.65. The van der Waals surface area contributed by atoms with Crippen LogP contribution in [0.25, 0.3) is 0 Å². The number of amides is 2. The fourth-order valence-corrected chi connectivity index (χ4v) is 5.19. The van der Waals surface area contributed by atoms with Crippen molar-refractivity contribution >= 4 is 12.0 Å². The number of hydrogen-bond donors (Lipinski definition) is 0. The number of ether oxygens (including phenoxy) is 1. The van der Waals surface area contributed by atoms with Crippen LogP contribution >= 0.6 is 0 Å². The number of rotatable bonds is 4. The summed E-state index contributed by atoms with van der Waals surface area (Å²) in [5.41, 5.74) is -0.504. The first-order valence-electron chi connectivity index (χ1n) is 10.8. The molecule has 2 heterocycles. The second kappa shape index (κ2) is 7.53. The van der Waals surface area contributed by atoms with Gasteiger partial charge in [-0.25, -0.2) is 4.79 Å². The molecule has 2 rings (SSSR count). The smallest absolute Gasteiger partial charge is 0.410 e. The molecule has 0 radical (unpaired) electrons. The summed E-state index contributed by atoms with van der Waals surface area (Å²) in [5.74, 6) is 0.854. The molecule has 0 aromatic carbocycles. The van der Waals surface area contributed by atoms with Crippen LogP contribution in [0.2, 0.25) is 0 Å². The van der Waals surface area contributed by atoms with Crippen molar-refractivity contribution in [2.75, 3.05) is 6.61 Å². The number of cyclic esters (lactones) is 1. The van der Waals surface area contributed by atoms with Crippen LogP contribution in [0, 0.1) is 17.3 Å². The molecule has 28 heavy (non-hydrogen) atoms. The van der Waals surface area contributed by atoms with E-state index >= 15 is 0 Å². The van der Waals surface area contributed by atoms with E-state index in [1.54, 1.807) is 0 Å². The number of carbonyl (C=O) groups excluding carboxylic acids is 2. The Labute approximate surface area is 172 Å². The van der Waals surface area contributed by atoms with E-state index in [-0.39, 0.29) is 46.5 Å². The number of nitrogens with zero attached hydrogens (tertiary/aromatic N) is 2. The van der Waals surface area contributed by atoms with Gasteiger partial charge in [0.05, 0.1) is 6.04 Å². The number of hydrogen-bond acceptors (Lipinski definition) is 3. The quantitative estimate of drug-likeness (QED) is 0.668. The van der Waals surface area contributed by atoms with E-state index in [2.05, 4.69) is 74.1 Å². The fraction of sp³-hybridized carbons (Fsp3) is 0.913. The molecule has 5 nitrogen and oxygen atoms in total. The average molecular weight is 395 g/mol. The van der Waals surface area contributed by atoms with Crippen molar-refractivity contribution < 1.29 is 14.3 Å². The highest BCUT2D eigenvalue weighted by Crippen LogP contribution is 2.43. The molecule has 0 aromatic heterocycles. The van der Waals surface area contributed by atoms with Crippen molar-refractivity contribution in [2.45, 2.75) is 112 Å². The van der Waals surface area contributed by atoms with Gasteiger partial charge in [-0.3, -0.25) is 9.69 Å². The van der Waals surface area contributed by atoms with Crippen LogP contribution in [0.5, 0.6) is 0 Å². The molecular formula is C23H42N2O3. The predicted octanol–water partition coefficient (Wildman–Crippen LogP) is 5.08. The molecule has 2 aliphatic heterocycles. The van der Waals surface area contributed by atoms with Gasteiger partial charge in [-0.2, -0.15) is 0 Å². The molecule has 2 saturated heterocycles. The maximum absolute atomic E-state index is 13.2. The summed E-state index contributed by atoms with van der Waals surface area (Å²) in [4.78, 5) is 29.7. The molecular weight excluding hydrogens is 352 g/mol. The first-order valence-corrected chi connectivity index (χ1v) is 10.8. The van der Waals surface area contributed by atoms with Crippen LogP contribution in [0.15, 0.2) is 0 Å². The van der Waals surface area contributed by atoms with Crippen LogP contribution in [0.1, 0.15) is 88.5 Å². The van der Waals surface area contributed by atoms with Crippen molar-refractivity contribution in [3.05, 3.63) is 0 Å². The molecule has 0 spiro atoms. The highest BCUT2D eigenvalue weighted by Gasteiger charge is 2.48. The maximum Gasteiger partial charge on any atom is 0.410 e. The zero-order valence-electron chi connectivity index (χ0n) is 19.8. The molecule has 2 fully saturated rings. The predicted molar refractivity (Wildman–Crippen MR) is 113 cm³/mol. The molecule has 0 saturated carbocycles. The summed E-state index contributed by atoms with van der Waals surface area (Å²) >= 11 is 0. The number of piperidine rings is 1. The van der Waals surface area contributed by atoms with E-state index in [4.69, 9.17) is 4.74 Å². The second-order valence-electron chi connectivity index (χ2n) is 11.9. The van der Waals surface area contributed by atoms with Gasteiger partial charge in [0.25, 0.3) is 0 Å². The topological polar surface area (TPSA) is 49.9 Å². The van der Waals surface area contributed by atoms with Gasteiger partial charge < -0.3 is 9.64 Å². The van der Waals surface area contributed by atoms with E-state index in [1.165, 1.54) is 0 Å². The Morgan fingerprint density at radius 3 is 2.04 bits per heavy atom. The van der Waals surface area contributed by atoms with Crippen LogP contribution in [-0.2, 0) is 9.53 Å². The Balaban J connectivity index is 2.24. The van der Waals surface area contributed by atoms with Gasteiger partial charge >= 0.3 is 6.09 Å². The lowest BCUT2D eigenvalue weighted by atomic mass is 9.72. The molecule has 3 atom stereocenters. The minimum absolute atomic E-state index is 0.0127. The van der Waals surface area contributed by atoms with Gasteiger partial charge in [0.15, 0.2) is 0 Å². The molecule has 0 aliphatic carbocycles. The second-order valence-corrected chi connectivity index (χ2v) is 11.9. The maximum atomic E-state index is 13.2. The molecule has 2 amide bonds. The normalized spacial score (nSPS) is 27.6. The average Bonchev–Trinajstić information content (AvgIpc) is 2.86. The van der Waals surface area contributed by atoms with Gasteiger partial charge in [-0.15, -0.1) is 0 Å². The van der Waals surface area contributed by atoms with Crippen molar-refractivity contribution in [3.8, 4) is 0 Å². The Bertz CT molecular complexity index is 598. The number of likely N-dealkylation sites (tertiary alicyclic amines) is 1. The van der Waals surface area contributed by atoms with Crippen molar-refractivity contribution in [2.24, 2.45) is 17.3 Å². The molecule has 2 aliphatic rings. The number of carbonyl (C=O) groups is 2. The minimum Gasteiger partial charge on any atom is -0.447 e. The van der Waals surface area contributed by atoms with E-state index in [9.17, 15) is 9.59 Å². The summed E-state index contributed by atoms with van der Waals surface area (Å²) < 4.78 is 5.38. The molecule has 0 aromatic rings. The zero-order valence-corrected chi connectivity index (χ0v) is 19.8. The van der Waals surface area contributed by atoms with E-state index < -0.39 is 0 Å². The standard InChI is InChI=1S/C23H42N2O3/c1-15(2)17-14-28-20(27)24(17)23(9,10)13-16-11-18(21(3,4)5)25(19(26)12-16)22(6,7)8/h15-18H,11-14H2,1-10H3. The third-order valence-corrected chi connectivity index (χ3v) is 6.44. The first kappa shape index (κ1) is 23.0. The summed E-state index contributed by atoms with van der Waals surface area (Å²) in [6.07, 6.45) is 2.14. The third-order valence-electron chi connectivity index (χ3n) is 6.44. The van der Waals surface area contributed by atoms with Crippen molar-refractivity contribution in [1.82, 2.24) is 9.80 Å². The highest BCUT2D eigenvalue weighted by molar-refractivity contribution is 5.78. The fourth-order valence-electron chi connectivity index (χ4n) is 5.19. The van der Waals surface area contributed by atoms with Crippen LogP contribution in [-0.4, -0.2) is 51.6 Å². The lowest BCUT2D eigenvalue weighted by molar-refractivity contribution is -0.150. The van der Waals surface area contributed by atoms with Crippen LogP contribution in [0.3, 0.4) is 0 Å². The van der Waals surface area contributed by atoms with E-state index in [0.717, 1.165) is 12.8 Å². The Morgan fingerprint density at radius 2 is 1.57 bits per heavy atom. The Morgan fingerprint density at radius 1 is 1.00 bits per heavy atom. The van der Waals surface area contributed by atoms with E-state index in [0.29, 0.717) is 18.9 Å². The molecule has 3 unspecified atom stereocenters. The van der Waals surface area contributed by atoms with Gasteiger partial charge in [0, 0.05) is 23.5 Å². The van der Waals surface area contributed by atoms with Crippen LogP contribution < -0.4 is 0 Å². The van der Waals surface area contributed by atoms with Gasteiger partial charge in [0.2, 0.25) is 5.91 Å². The van der Waals surface area contributed by atoms with Crippen molar-refractivity contribution in [3.63, 3.8) is 0 Å². The minimum atomic E-state index is -0.334. The largest absolute Gasteiger partial charge is 0.447 e. The summed E-state index contributed by atoms with van der Waals surface area (Å²) in [5, 5.41) is 0. The van der Waals surface area contributed by atoms with Crippen molar-refractivity contribution in [1.29, 1.82) is 0 Å². The molecule has 0 N–H and O–H groups in total. The first-order chi connectivity index (χ1) is 12.6. The summed E-state index contributed by atoms with van der Waals surface area (Å²) in [7, 11) is 0. The summed E-state index contributed by atoms with van der Waals surface area (Å²) in [6.45, 7) is 22.0. The highest BCUT2D eigenvalue weighted by atomic mass is 16.6. The Kier molecular flexibility index (Phi) is 6.19. The SMILES string of the molecule is CC(C)C1COC(=O)N1C(C)(C)CC1CC(=O)N(C(C)(C)C)C(C(C)(C)C)C1. The van der Waals surface area contributed by atoms with Gasteiger partial charge in [-0.1, -0.05) is 34.6 Å². The molecule has 5 heteroatoms. The van der Waals surface area contributed by atoms with Gasteiger partial charge in [0.1, 0.15) is 6.61 Å². The monoisotopic (exact) mass is 394 g/mol. The lowest BCUT2D eigenvalue weighted by Gasteiger charge is -2.53. The molecule has 0 bridgehead atoms. The summed E-state index contributed by atoms with van der Waals surface area (Å²) in [6, 6.07) is 0.298. The van der Waals surface area contributed by atoms with E-state index in [1.807, 2.05) is 4.90 Å². The van der Waals surface area contributed by atoms with Crippen LogP contribution in [0.4, 0.5) is 4.79 Å². The van der Waals surface area contributed by atoms with Gasteiger partial charge in [-0.05, 0) is 64.7 Å². The molecule has 162 valence electrons. The zero-order chi connectivity index (χ0) is 21.7. The lowest BCUT2D eigenvalue weighted by Crippen LogP contribution is -2.60.